The van der Waals surface area contributed by atoms with E-state index in [-0.39, 0.29) is 0 Å². The van der Waals surface area contributed by atoms with Crippen molar-refractivity contribution >= 4 is 62.0 Å². The fourth-order valence-corrected chi connectivity index (χ4v) is 5.55. The minimum Gasteiger partial charge on any atom is -0.439 e. The Hall–Kier alpha value is -5.81. The normalized spacial score (nSPS) is 10.9. The standard InChI is InChI=1S/C21H15ClN6O.C16H13ClN2O/c22-16-8-4-5-13-9-14(10-23-19-18-20(25-11-24-18)27-12-26-19)21(28-17(13)16)29-15-6-2-1-3-7-15;17-14-8-4-5-11-9-12(10-18)16(19-15(11)14)20-13-6-2-1-3-7-13/h1-9,11-12H,10H2,(H2,23,24,25,26,27);1-9H,10,18H2. The Morgan fingerprint density at radius 3 is 1.82 bits per heavy atom. The highest BCUT2D eigenvalue weighted by Crippen LogP contribution is 2.32. The van der Waals surface area contributed by atoms with Crippen LogP contribution in [0.3, 0.4) is 0 Å². The number of para-hydroxylation sites is 4. The van der Waals surface area contributed by atoms with Crippen LogP contribution in [0.5, 0.6) is 23.3 Å². The number of aromatic amines is 1. The number of pyridine rings is 2. The maximum absolute atomic E-state index is 6.35. The van der Waals surface area contributed by atoms with Crippen LogP contribution in [0.1, 0.15) is 11.1 Å². The van der Waals surface area contributed by atoms with E-state index in [9.17, 15) is 0 Å². The van der Waals surface area contributed by atoms with Crippen LogP contribution in [0.4, 0.5) is 5.82 Å². The van der Waals surface area contributed by atoms with Gasteiger partial charge in [-0.15, -0.1) is 0 Å². The molecule has 0 saturated carbocycles. The first-order chi connectivity index (χ1) is 24.1. The summed E-state index contributed by atoms with van der Waals surface area (Å²) in [5, 5.41) is 6.39. The minimum atomic E-state index is 0.359. The highest BCUT2D eigenvalue weighted by atomic mass is 35.5. The number of halogens is 2. The van der Waals surface area contributed by atoms with Gasteiger partial charge < -0.3 is 25.5 Å². The molecule has 4 N–H and O–H groups in total. The van der Waals surface area contributed by atoms with Crippen molar-refractivity contribution in [2.24, 2.45) is 5.73 Å². The number of aromatic nitrogens is 6. The van der Waals surface area contributed by atoms with E-state index in [1.165, 1.54) is 6.33 Å². The van der Waals surface area contributed by atoms with Gasteiger partial charge in [0.25, 0.3) is 0 Å². The van der Waals surface area contributed by atoms with Gasteiger partial charge in [-0.05, 0) is 48.5 Å². The lowest BCUT2D eigenvalue weighted by Crippen LogP contribution is -2.05. The van der Waals surface area contributed by atoms with Crippen molar-refractivity contribution in [2.45, 2.75) is 13.1 Å². The first kappa shape index (κ1) is 31.8. The number of fused-ring (bicyclic) bond motifs is 3. The van der Waals surface area contributed by atoms with E-state index in [1.54, 1.807) is 6.33 Å². The molecule has 0 fully saturated rings. The zero-order valence-electron chi connectivity index (χ0n) is 25.8. The van der Waals surface area contributed by atoms with E-state index in [1.807, 2.05) is 109 Å². The fourth-order valence-electron chi connectivity index (χ4n) is 5.11. The van der Waals surface area contributed by atoms with Crippen molar-refractivity contribution in [1.29, 1.82) is 0 Å². The third kappa shape index (κ3) is 7.21. The number of hydrogen-bond donors (Lipinski definition) is 3. The second kappa shape index (κ2) is 14.5. The molecular formula is C37H28Cl2N8O2. The van der Waals surface area contributed by atoms with Crippen molar-refractivity contribution in [3.8, 4) is 23.3 Å². The number of nitrogens with two attached hydrogens (primary N) is 1. The molecule has 8 rings (SSSR count). The summed E-state index contributed by atoms with van der Waals surface area (Å²) < 4.78 is 11.9. The first-order valence-corrected chi connectivity index (χ1v) is 16.0. The van der Waals surface area contributed by atoms with Gasteiger partial charge in [-0.3, -0.25) is 0 Å². The number of anilines is 1. The van der Waals surface area contributed by atoms with E-state index in [2.05, 4.69) is 35.2 Å². The molecule has 49 heavy (non-hydrogen) atoms. The molecular weight excluding hydrogens is 659 g/mol. The topological polar surface area (TPSA) is 137 Å². The predicted molar refractivity (Wildman–Crippen MR) is 193 cm³/mol. The third-order valence-corrected chi connectivity index (χ3v) is 8.09. The lowest BCUT2D eigenvalue weighted by Gasteiger charge is -2.13. The predicted octanol–water partition coefficient (Wildman–Crippen LogP) is 9.10. The third-order valence-electron chi connectivity index (χ3n) is 7.48. The highest BCUT2D eigenvalue weighted by molar-refractivity contribution is 6.35. The zero-order chi connectivity index (χ0) is 33.6. The van der Waals surface area contributed by atoms with Gasteiger partial charge in [-0.1, -0.05) is 83.9 Å². The first-order valence-electron chi connectivity index (χ1n) is 15.3. The van der Waals surface area contributed by atoms with E-state index >= 15 is 0 Å². The highest BCUT2D eigenvalue weighted by Gasteiger charge is 2.14. The summed E-state index contributed by atoms with van der Waals surface area (Å²) in [7, 11) is 0. The molecule has 4 aromatic heterocycles. The number of H-pyrrole nitrogens is 1. The van der Waals surface area contributed by atoms with E-state index < -0.39 is 0 Å². The molecule has 8 aromatic rings. The summed E-state index contributed by atoms with van der Waals surface area (Å²) in [5.74, 6) is 3.06. The monoisotopic (exact) mass is 686 g/mol. The lowest BCUT2D eigenvalue weighted by molar-refractivity contribution is 0.458. The van der Waals surface area contributed by atoms with Crippen molar-refractivity contribution in [2.75, 3.05) is 5.32 Å². The smallest absolute Gasteiger partial charge is 0.224 e. The van der Waals surface area contributed by atoms with Crippen molar-refractivity contribution in [3.05, 3.63) is 143 Å². The van der Waals surface area contributed by atoms with Crippen molar-refractivity contribution in [1.82, 2.24) is 29.9 Å². The summed E-state index contributed by atoms with van der Waals surface area (Å²) in [6.07, 6.45) is 3.07. The summed E-state index contributed by atoms with van der Waals surface area (Å²) in [4.78, 5) is 24.9. The molecule has 0 aliphatic carbocycles. The van der Waals surface area contributed by atoms with Crippen LogP contribution >= 0.6 is 23.2 Å². The molecule has 0 amide bonds. The summed E-state index contributed by atoms with van der Waals surface area (Å²) in [5.41, 5.74) is 10.3. The van der Waals surface area contributed by atoms with Gasteiger partial charge >= 0.3 is 0 Å². The molecule has 0 unspecified atom stereocenters. The van der Waals surface area contributed by atoms with E-state index in [0.717, 1.165) is 38.7 Å². The largest absolute Gasteiger partial charge is 0.439 e. The molecule has 0 atom stereocenters. The maximum Gasteiger partial charge on any atom is 0.224 e. The summed E-state index contributed by atoms with van der Waals surface area (Å²) in [6, 6.07) is 34.4. The Labute approximate surface area is 290 Å². The van der Waals surface area contributed by atoms with Gasteiger partial charge in [-0.2, -0.15) is 0 Å². The molecule has 4 heterocycles. The zero-order valence-corrected chi connectivity index (χ0v) is 27.4. The Balaban J connectivity index is 0.000000166. The molecule has 4 aromatic carbocycles. The Morgan fingerprint density at radius 2 is 1.22 bits per heavy atom. The van der Waals surface area contributed by atoms with Crippen molar-refractivity contribution < 1.29 is 9.47 Å². The Bertz CT molecular complexity index is 2370. The number of rotatable bonds is 8. The Morgan fingerprint density at radius 1 is 0.653 bits per heavy atom. The van der Waals surface area contributed by atoms with Crippen LogP contribution in [0.25, 0.3) is 33.0 Å². The van der Waals surface area contributed by atoms with Crippen LogP contribution < -0.4 is 20.5 Å². The second-order valence-electron chi connectivity index (χ2n) is 10.7. The molecule has 12 heteroatoms. The summed E-state index contributed by atoms with van der Waals surface area (Å²) >= 11 is 12.5. The molecule has 242 valence electrons. The van der Waals surface area contributed by atoms with Crippen LogP contribution in [-0.4, -0.2) is 29.9 Å². The molecule has 0 aliphatic rings. The van der Waals surface area contributed by atoms with Gasteiger partial charge in [-0.25, -0.2) is 24.9 Å². The molecule has 0 spiro atoms. The number of imidazole rings is 1. The SMILES string of the molecule is Clc1cccc2cc(CNc3ncnc4nc[nH]c34)c(Oc3ccccc3)nc12.NCc1cc2cccc(Cl)c2nc1Oc1ccccc1. The fraction of sp³-hybridized carbons (Fsp3) is 0.0541. The lowest BCUT2D eigenvalue weighted by atomic mass is 10.1. The quantitative estimate of drug-likeness (QED) is 0.143. The number of benzene rings is 4. The molecule has 0 bridgehead atoms. The van der Waals surface area contributed by atoms with Gasteiger partial charge in [0.05, 0.1) is 27.4 Å². The summed E-state index contributed by atoms with van der Waals surface area (Å²) in [6.45, 7) is 0.806. The van der Waals surface area contributed by atoms with Gasteiger partial charge in [0, 0.05) is 35.0 Å². The van der Waals surface area contributed by atoms with Crippen LogP contribution in [0, 0.1) is 0 Å². The van der Waals surface area contributed by atoms with Crippen molar-refractivity contribution in [3.63, 3.8) is 0 Å². The van der Waals surface area contributed by atoms with Gasteiger partial charge in [0.15, 0.2) is 11.5 Å². The van der Waals surface area contributed by atoms with Crippen LogP contribution in [-0.2, 0) is 13.1 Å². The number of nitrogens with one attached hydrogen (secondary N) is 2. The van der Waals surface area contributed by atoms with Crippen LogP contribution in [0.2, 0.25) is 10.0 Å². The van der Waals surface area contributed by atoms with E-state index in [4.69, 9.17) is 38.4 Å². The van der Waals surface area contributed by atoms with Crippen LogP contribution in [0.15, 0.2) is 122 Å². The molecule has 0 aliphatic heterocycles. The average Bonchev–Trinajstić information content (AvgIpc) is 3.62. The Kier molecular flexibility index (Phi) is 9.42. The average molecular weight is 688 g/mol. The second-order valence-corrected chi connectivity index (χ2v) is 11.6. The molecule has 0 saturated heterocycles. The maximum atomic E-state index is 6.35. The molecule has 0 radical (unpaired) electrons. The number of ether oxygens (including phenoxy) is 2. The minimum absolute atomic E-state index is 0.359. The van der Waals surface area contributed by atoms with Gasteiger partial charge in [0.2, 0.25) is 11.8 Å². The van der Waals surface area contributed by atoms with E-state index in [0.29, 0.717) is 57.6 Å². The number of hydrogen-bond acceptors (Lipinski definition) is 9. The van der Waals surface area contributed by atoms with Gasteiger partial charge in [0.1, 0.15) is 23.3 Å². The molecule has 10 nitrogen and oxygen atoms in total. The number of nitrogens with zero attached hydrogens (tertiary/aromatic N) is 5.